The van der Waals surface area contributed by atoms with E-state index >= 15 is 0 Å². The third-order valence-electron chi connectivity index (χ3n) is 5.42. The summed E-state index contributed by atoms with van der Waals surface area (Å²) in [5.41, 5.74) is 3.76. The summed E-state index contributed by atoms with van der Waals surface area (Å²) >= 11 is 0. The zero-order chi connectivity index (χ0) is 19.6. The van der Waals surface area contributed by atoms with Gasteiger partial charge in [-0.05, 0) is 55.3 Å². The van der Waals surface area contributed by atoms with E-state index < -0.39 is 10.0 Å². The van der Waals surface area contributed by atoms with E-state index in [4.69, 9.17) is 0 Å². The third-order valence-corrected chi connectivity index (χ3v) is 7.19. The van der Waals surface area contributed by atoms with Crippen LogP contribution in [0, 0.1) is 0 Å². The molecule has 0 aliphatic carbocycles. The number of likely N-dealkylation sites (tertiary alicyclic amines) is 1. The molecule has 4 nitrogen and oxygen atoms in total. The third kappa shape index (κ3) is 3.77. The SMILES string of the molecule is C=C(/C=C1/CN(S(=O)(=O)c2ccccc2)c2ccccc21)CN1CCCCC1. The average molecular weight is 395 g/mol. The Morgan fingerprint density at radius 1 is 0.964 bits per heavy atom. The van der Waals surface area contributed by atoms with Crippen molar-refractivity contribution in [3.05, 3.63) is 78.4 Å². The maximum atomic E-state index is 13.2. The van der Waals surface area contributed by atoms with Gasteiger partial charge in [-0.3, -0.25) is 9.21 Å². The van der Waals surface area contributed by atoms with Crippen LogP contribution in [-0.2, 0) is 10.0 Å². The summed E-state index contributed by atoms with van der Waals surface area (Å²) in [6, 6.07) is 16.4. The summed E-state index contributed by atoms with van der Waals surface area (Å²) in [6.45, 7) is 7.67. The number of nitrogens with zero attached hydrogens (tertiary/aromatic N) is 2. The van der Waals surface area contributed by atoms with Crippen molar-refractivity contribution in [3.63, 3.8) is 0 Å². The monoisotopic (exact) mass is 394 g/mol. The van der Waals surface area contributed by atoms with Crippen molar-refractivity contribution in [1.82, 2.24) is 4.90 Å². The van der Waals surface area contributed by atoms with Crippen LogP contribution in [0.4, 0.5) is 5.69 Å². The molecule has 2 aromatic rings. The molecule has 2 aromatic carbocycles. The molecule has 4 rings (SSSR count). The molecule has 0 radical (unpaired) electrons. The van der Waals surface area contributed by atoms with Crippen molar-refractivity contribution in [2.24, 2.45) is 0 Å². The van der Waals surface area contributed by atoms with E-state index in [1.807, 2.05) is 30.3 Å². The summed E-state index contributed by atoms with van der Waals surface area (Å²) in [7, 11) is -3.60. The molecule has 0 N–H and O–H groups in total. The Morgan fingerprint density at radius 3 is 2.39 bits per heavy atom. The number of hydrogen-bond acceptors (Lipinski definition) is 3. The van der Waals surface area contributed by atoms with Crippen LogP contribution < -0.4 is 4.31 Å². The second-order valence-electron chi connectivity index (χ2n) is 7.51. The second kappa shape index (κ2) is 7.94. The highest BCUT2D eigenvalue weighted by molar-refractivity contribution is 7.92. The van der Waals surface area contributed by atoms with E-state index in [1.54, 1.807) is 24.3 Å². The lowest BCUT2D eigenvalue weighted by molar-refractivity contribution is 0.248. The Morgan fingerprint density at radius 2 is 1.64 bits per heavy atom. The molecule has 0 aromatic heterocycles. The quantitative estimate of drug-likeness (QED) is 0.758. The minimum Gasteiger partial charge on any atom is -0.299 e. The lowest BCUT2D eigenvalue weighted by Crippen LogP contribution is -2.31. The van der Waals surface area contributed by atoms with E-state index in [-0.39, 0.29) is 0 Å². The van der Waals surface area contributed by atoms with Crippen molar-refractivity contribution < 1.29 is 8.42 Å². The van der Waals surface area contributed by atoms with Gasteiger partial charge in [-0.25, -0.2) is 8.42 Å². The van der Waals surface area contributed by atoms with Crippen molar-refractivity contribution in [3.8, 4) is 0 Å². The first-order valence-electron chi connectivity index (χ1n) is 9.83. The standard InChI is InChI=1S/C23H26N2O2S/c1-19(17-24-14-8-3-9-15-24)16-20-18-25(23-13-7-6-12-22(20)23)28(26,27)21-10-4-2-5-11-21/h2,4-7,10-13,16H,1,3,8-9,14-15,17-18H2/b20-16-. The molecule has 28 heavy (non-hydrogen) atoms. The first-order chi connectivity index (χ1) is 13.6. The molecule has 1 fully saturated rings. The highest BCUT2D eigenvalue weighted by atomic mass is 32.2. The van der Waals surface area contributed by atoms with E-state index in [1.165, 1.54) is 23.6 Å². The van der Waals surface area contributed by atoms with Crippen LogP contribution in [0.2, 0.25) is 0 Å². The van der Waals surface area contributed by atoms with Gasteiger partial charge in [0.15, 0.2) is 0 Å². The number of sulfonamides is 1. The molecule has 0 unspecified atom stereocenters. The molecule has 1 saturated heterocycles. The molecule has 0 bridgehead atoms. The van der Waals surface area contributed by atoms with Crippen LogP contribution in [0.3, 0.4) is 0 Å². The Kier molecular flexibility index (Phi) is 5.38. The summed E-state index contributed by atoms with van der Waals surface area (Å²) in [5.74, 6) is 0. The number of fused-ring (bicyclic) bond motifs is 1. The van der Waals surface area contributed by atoms with Gasteiger partial charge in [0.1, 0.15) is 0 Å². The molecule has 2 aliphatic rings. The number of piperidine rings is 1. The maximum Gasteiger partial charge on any atom is 0.264 e. The molecule has 2 heterocycles. The minimum absolute atomic E-state index is 0.318. The Hall–Kier alpha value is -2.37. The predicted molar refractivity (Wildman–Crippen MR) is 115 cm³/mol. The van der Waals surface area contributed by atoms with Crippen LogP contribution in [0.1, 0.15) is 24.8 Å². The highest BCUT2D eigenvalue weighted by Crippen LogP contribution is 2.39. The van der Waals surface area contributed by atoms with Crippen molar-refractivity contribution in [2.45, 2.75) is 24.2 Å². The van der Waals surface area contributed by atoms with Gasteiger partial charge in [0.05, 0.1) is 17.1 Å². The molecular formula is C23H26N2O2S. The van der Waals surface area contributed by atoms with Gasteiger partial charge in [0.2, 0.25) is 0 Å². The largest absolute Gasteiger partial charge is 0.299 e. The summed E-state index contributed by atoms with van der Waals surface area (Å²) < 4.78 is 27.9. The number of para-hydroxylation sites is 1. The van der Waals surface area contributed by atoms with Crippen molar-refractivity contribution in [1.29, 1.82) is 0 Å². The van der Waals surface area contributed by atoms with E-state index in [2.05, 4.69) is 17.6 Å². The fourth-order valence-corrected chi connectivity index (χ4v) is 5.52. The van der Waals surface area contributed by atoms with Gasteiger partial charge in [0.25, 0.3) is 10.0 Å². The summed E-state index contributed by atoms with van der Waals surface area (Å²) in [6.07, 6.45) is 5.88. The topological polar surface area (TPSA) is 40.6 Å². The maximum absolute atomic E-state index is 13.2. The summed E-state index contributed by atoms with van der Waals surface area (Å²) in [4.78, 5) is 2.75. The van der Waals surface area contributed by atoms with Gasteiger partial charge in [0, 0.05) is 12.1 Å². The van der Waals surface area contributed by atoms with Crippen LogP contribution in [0.25, 0.3) is 5.57 Å². The fraction of sp³-hybridized carbons (Fsp3) is 0.304. The molecule has 0 spiro atoms. The molecule has 0 saturated carbocycles. The zero-order valence-corrected chi connectivity index (χ0v) is 16.9. The average Bonchev–Trinajstić information content (AvgIpc) is 3.09. The first kappa shape index (κ1) is 19.0. The molecule has 2 aliphatic heterocycles. The predicted octanol–water partition coefficient (Wildman–Crippen LogP) is 4.32. The molecular weight excluding hydrogens is 368 g/mol. The molecule has 0 atom stereocenters. The second-order valence-corrected chi connectivity index (χ2v) is 9.37. The number of hydrogen-bond donors (Lipinski definition) is 0. The molecule has 5 heteroatoms. The van der Waals surface area contributed by atoms with Crippen LogP contribution in [-0.4, -0.2) is 39.5 Å². The van der Waals surface area contributed by atoms with Gasteiger partial charge in [-0.15, -0.1) is 0 Å². The van der Waals surface area contributed by atoms with Crippen LogP contribution in [0.5, 0.6) is 0 Å². The fourth-order valence-electron chi connectivity index (χ4n) is 4.04. The van der Waals surface area contributed by atoms with E-state index in [9.17, 15) is 8.42 Å². The van der Waals surface area contributed by atoms with Crippen LogP contribution in [0.15, 0.2) is 77.7 Å². The van der Waals surface area contributed by atoms with Gasteiger partial charge < -0.3 is 0 Å². The Labute approximate surface area is 167 Å². The van der Waals surface area contributed by atoms with Crippen LogP contribution >= 0.6 is 0 Å². The normalized spacial score (nSPS) is 19.0. The number of rotatable bonds is 5. The number of anilines is 1. The summed E-state index contributed by atoms with van der Waals surface area (Å²) in [5, 5.41) is 0. The van der Waals surface area contributed by atoms with Gasteiger partial charge >= 0.3 is 0 Å². The first-order valence-corrected chi connectivity index (χ1v) is 11.3. The lowest BCUT2D eigenvalue weighted by atomic mass is 10.0. The Bertz CT molecular complexity index is 990. The minimum atomic E-state index is -3.60. The van der Waals surface area contributed by atoms with Gasteiger partial charge in [-0.1, -0.05) is 55.5 Å². The zero-order valence-electron chi connectivity index (χ0n) is 16.0. The lowest BCUT2D eigenvalue weighted by Gasteiger charge is -2.26. The Balaban J connectivity index is 1.62. The van der Waals surface area contributed by atoms with E-state index in [0.717, 1.165) is 42.0 Å². The molecule has 0 amide bonds. The van der Waals surface area contributed by atoms with E-state index in [0.29, 0.717) is 11.4 Å². The van der Waals surface area contributed by atoms with Crippen molar-refractivity contribution in [2.75, 3.05) is 30.5 Å². The highest BCUT2D eigenvalue weighted by Gasteiger charge is 2.33. The number of benzene rings is 2. The van der Waals surface area contributed by atoms with Gasteiger partial charge in [-0.2, -0.15) is 0 Å². The van der Waals surface area contributed by atoms with Crippen molar-refractivity contribution >= 4 is 21.3 Å². The smallest absolute Gasteiger partial charge is 0.264 e. The molecule has 146 valence electrons.